The van der Waals surface area contributed by atoms with Gasteiger partial charge in [-0.15, -0.1) is 11.3 Å². The largest absolute Gasteiger partial charge is 0.383 e. The van der Waals surface area contributed by atoms with E-state index in [9.17, 15) is 13.5 Å². The molecule has 0 atom stereocenters. The molecule has 0 saturated heterocycles. The molecule has 29 heavy (non-hydrogen) atoms. The van der Waals surface area contributed by atoms with Crippen molar-refractivity contribution in [3.05, 3.63) is 53.9 Å². The van der Waals surface area contributed by atoms with Gasteiger partial charge in [0.2, 0.25) is 0 Å². The second kappa shape index (κ2) is 6.90. The van der Waals surface area contributed by atoms with Gasteiger partial charge in [-0.25, -0.2) is 13.4 Å². The van der Waals surface area contributed by atoms with Crippen molar-refractivity contribution in [3.8, 4) is 10.6 Å². The Hall–Kier alpha value is -2.82. The van der Waals surface area contributed by atoms with Crippen molar-refractivity contribution in [2.75, 3.05) is 4.72 Å². The minimum Gasteiger partial charge on any atom is -0.383 e. The third-order valence-electron chi connectivity index (χ3n) is 4.33. The fraction of sp³-hybridized carbons (Fsp3) is 0.211. The number of benzene rings is 1. The number of anilines is 1. The quantitative estimate of drug-likeness (QED) is 0.504. The monoisotopic (exact) mass is 429 g/mol. The molecular formula is C19H19N5O3S2. The second-order valence-corrected chi connectivity index (χ2v) is 9.80. The number of sulfonamides is 1. The van der Waals surface area contributed by atoms with Gasteiger partial charge in [0.1, 0.15) is 15.5 Å². The highest BCUT2D eigenvalue weighted by atomic mass is 32.2. The lowest BCUT2D eigenvalue weighted by Gasteiger charge is -2.12. The van der Waals surface area contributed by atoms with Crippen LogP contribution in [-0.2, 0) is 22.7 Å². The molecule has 150 valence electrons. The molecule has 0 bridgehead atoms. The number of nitrogens with zero attached hydrogens (tertiary/aromatic N) is 4. The molecule has 1 aromatic carbocycles. The Kier molecular flexibility index (Phi) is 4.64. The Morgan fingerprint density at radius 1 is 1.10 bits per heavy atom. The minimum absolute atomic E-state index is 0.0487. The Morgan fingerprint density at radius 2 is 1.90 bits per heavy atom. The van der Waals surface area contributed by atoms with Crippen molar-refractivity contribution in [1.82, 2.24) is 19.7 Å². The number of thiazole rings is 1. The van der Waals surface area contributed by atoms with Crippen LogP contribution in [0.2, 0.25) is 0 Å². The molecule has 0 unspecified atom stereocenters. The highest BCUT2D eigenvalue weighted by Gasteiger charge is 2.22. The predicted molar refractivity (Wildman–Crippen MR) is 112 cm³/mol. The summed E-state index contributed by atoms with van der Waals surface area (Å²) in [5.74, 6) is 0. The van der Waals surface area contributed by atoms with Crippen molar-refractivity contribution < 1.29 is 13.5 Å². The first-order chi connectivity index (χ1) is 13.6. The van der Waals surface area contributed by atoms with Crippen LogP contribution in [0.5, 0.6) is 0 Å². The van der Waals surface area contributed by atoms with Crippen LogP contribution in [0, 0.1) is 0 Å². The van der Waals surface area contributed by atoms with Crippen molar-refractivity contribution in [2.24, 2.45) is 7.05 Å². The summed E-state index contributed by atoms with van der Waals surface area (Å²) < 4.78 is 29.9. The number of hydrogen-bond donors (Lipinski definition) is 2. The van der Waals surface area contributed by atoms with Gasteiger partial charge in [-0.1, -0.05) is 12.1 Å². The predicted octanol–water partition coefficient (Wildman–Crippen LogP) is 3.12. The lowest BCUT2D eigenvalue weighted by atomic mass is 10.2. The molecule has 10 heteroatoms. The van der Waals surface area contributed by atoms with E-state index in [4.69, 9.17) is 0 Å². The number of fused-ring (bicyclic) bond motifs is 1. The SMILES string of the molecule is Cn1ncc2cccc(NS(=O)(=O)c3ccc(-c4cnc(C(C)(C)O)s4)nc3)c21. The van der Waals surface area contributed by atoms with Gasteiger partial charge in [-0.2, -0.15) is 5.10 Å². The zero-order valence-electron chi connectivity index (χ0n) is 16.0. The number of nitrogens with one attached hydrogen (secondary N) is 1. The van der Waals surface area contributed by atoms with E-state index < -0.39 is 15.6 Å². The molecule has 8 nitrogen and oxygen atoms in total. The molecule has 0 aliphatic heterocycles. The first kappa shape index (κ1) is 19.5. The Bertz CT molecular complexity index is 1290. The van der Waals surface area contributed by atoms with Gasteiger partial charge in [0, 0.05) is 24.8 Å². The fourth-order valence-electron chi connectivity index (χ4n) is 2.88. The maximum Gasteiger partial charge on any atom is 0.263 e. The molecule has 0 aliphatic carbocycles. The summed E-state index contributed by atoms with van der Waals surface area (Å²) in [7, 11) is -2.06. The maximum absolute atomic E-state index is 12.8. The average molecular weight is 430 g/mol. The van der Waals surface area contributed by atoms with E-state index in [0.717, 1.165) is 10.3 Å². The Labute approximate surface area is 171 Å². The molecule has 2 N–H and O–H groups in total. The molecule has 0 aliphatic rings. The summed E-state index contributed by atoms with van der Waals surface area (Å²) in [6, 6.07) is 8.46. The van der Waals surface area contributed by atoms with Crippen LogP contribution in [0.25, 0.3) is 21.5 Å². The van der Waals surface area contributed by atoms with Crippen molar-refractivity contribution in [3.63, 3.8) is 0 Å². The van der Waals surface area contributed by atoms with E-state index >= 15 is 0 Å². The molecule has 0 saturated carbocycles. The van der Waals surface area contributed by atoms with Crippen LogP contribution in [0.1, 0.15) is 18.9 Å². The Balaban J connectivity index is 1.62. The highest BCUT2D eigenvalue weighted by Crippen LogP contribution is 2.31. The van der Waals surface area contributed by atoms with E-state index in [1.807, 2.05) is 6.07 Å². The number of aromatic nitrogens is 4. The van der Waals surface area contributed by atoms with Crippen LogP contribution >= 0.6 is 11.3 Å². The second-order valence-electron chi connectivity index (χ2n) is 7.08. The van der Waals surface area contributed by atoms with Crippen molar-refractivity contribution in [1.29, 1.82) is 0 Å². The fourth-order valence-corrected chi connectivity index (χ4v) is 4.78. The number of hydrogen-bond acceptors (Lipinski definition) is 7. The third kappa shape index (κ3) is 3.74. The maximum atomic E-state index is 12.8. The summed E-state index contributed by atoms with van der Waals surface area (Å²) >= 11 is 1.31. The molecule has 0 radical (unpaired) electrons. The van der Waals surface area contributed by atoms with Gasteiger partial charge in [-0.05, 0) is 32.0 Å². The highest BCUT2D eigenvalue weighted by molar-refractivity contribution is 7.92. The number of aliphatic hydroxyl groups is 1. The van der Waals surface area contributed by atoms with Crippen LogP contribution in [-0.4, -0.2) is 33.3 Å². The third-order valence-corrected chi connectivity index (χ3v) is 7.02. The number of para-hydroxylation sites is 1. The van der Waals surface area contributed by atoms with E-state index in [0.29, 0.717) is 21.9 Å². The molecule has 3 heterocycles. The summed E-state index contributed by atoms with van der Waals surface area (Å²) in [5.41, 5.74) is 0.696. The lowest BCUT2D eigenvalue weighted by molar-refractivity contribution is 0.0783. The standard InChI is InChI=1S/C19H19N5O3S2/c1-19(2,25)18-21-11-16(28-18)14-8-7-13(10-20-14)29(26,27)23-15-6-4-5-12-9-22-24(3)17(12)15/h4-11,23,25H,1-3H3. The first-order valence-electron chi connectivity index (χ1n) is 8.74. The number of aryl methyl sites for hydroxylation is 1. The molecule has 0 amide bonds. The summed E-state index contributed by atoms with van der Waals surface area (Å²) in [6.07, 6.45) is 4.61. The van der Waals surface area contributed by atoms with Crippen LogP contribution in [0.4, 0.5) is 5.69 Å². The molecule has 3 aromatic heterocycles. The zero-order chi connectivity index (χ0) is 20.8. The normalized spacial score (nSPS) is 12.4. The van der Waals surface area contributed by atoms with Crippen molar-refractivity contribution in [2.45, 2.75) is 24.3 Å². The first-order valence-corrected chi connectivity index (χ1v) is 11.0. The van der Waals surface area contributed by atoms with Gasteiger partial charge in [0.25, 0.3) is 10.0 Å². The summed E-state index contributed by atoms with van der Waals surface area (Å²) in [6.45, 7) is 3.32. The van der Waals surface area contributed by atoms with Crippen LogP contribution in [0.3, 0.4) is 0 Å². The van der Waals surface area contributed by atoms with Crippen LogP contribution < -0.4 is 4.72 Å². The molecule has 0 fully saturated rings. The minimum atomic E-state index is -3.82. The molecular weight excluding hydrogens is 410 g/mol. The van der Waals surface area contributed by atoms with E-state index in [1.165, 1.54) is 23.6 Å². The van der Waals surface area contributed by atoms with Gasteiger partial charge >= 0.3 is 0 Å². The van der Waals surface area contributed by atoms with Gasteiger partial charge in [-0.3, -0.25) is 14.4 Å². The number of pyridine rings is 1. The summed E-state index contributed by atoms with van der Waals surface area (Å²) in [4.78, 5) is 9.28. The van der Waals surface area contributed by atoms with Gasteiger partial charge in [0.05, 0.1) is 28.0 Å². The van der Waals surface area contributed by atoms with Gasteiger partial charge < -0.3 is 5.11 Å². The molecule has 0 spiro atoms. The van der Waals surface area contributed by atoms with Gasteiger partial charge in [0.15, 0.2) is 0 Å². The van der Waals surface area contributed by atoms with E-state index in [-0.39, 0.29) is 4.90 Å². The van der Waals surface area contributed by atoms with E-state index in [2.05, 4.69) is 19.8 Å². The lowest BCUT2D eigenvalue weighted by Crippen LogP contribution is -2.14. The molecule has 4 rings (SSSR count). The molecule has 4 aromatic rings. The average Bonchev–Trinajstić information content (AvgIpc) is 3.30. The number of rotatable bonds is 5. The van der Waals surface area contributed by atoms with E-state index in [1.54, 1.807) is 56.2 Å². The summed E-state index contributed by atoms with van der Waals surface area (Å²) in [5, 5.41) is 15.6. The van der Waals surface area contributed by atoms with Crippen LogP contribution in [0.15, 0.2) is 53.8 Å². The Morgan fingerprint density at radius 3 is 2.55 bits per heavy atom. The van der Waals surface area contributed by atoms with Crippen molar-refractivity contribution >= 4 is 38.0 Å². The topological polar surface area (TPSA) is 110 Å². The zero-order valence-corrected chi connectivity index (χ0v) is 17.6. The smallest absolute Gasteiger partial charge is 0.263 e.